The van der Waals surface area contributed by atoms with Crippen molar-refractivity contribution >= 4 is 11.7 Å². The minimum Gasteiger partial charge on any atom is -0.468 e. The van der Waals surface area contributed by atoms with E-state index in [0.717, 1.165) is 37.6 Å². The Balaban J connectivity index is 1.88. The maximum absolute atomic E-state index is 11.2. The lowest BCUT2D eigenvalue weighted by Gasteiger charge is -2.35. The van der Waals surface area contributed by atoms with Crippen LogP contribution >= 0.6 is 0 Å². The van der Waals surface area contributed by atoms with Gasteiger partial charge in [0, 0.05) is 31.9 Å². The Hall–Kier alpha value is -1.62. The number of carbonyl (C=O) groups excluding carboxylic acids is 1. The summed E-state index contributed by atoms with van der Waals surface area (Å²) in [6.07, 6.45) is 1.95. The summed E-state index contributed by atoms with van der Waals surface area (Å²) in [5, 5.41) is 0. The highest BCUT2D eigenvalue weighted by molar-refractivity contribution is 5.71. The minimum absolute atomic E-state index is 0.165. The quantitative estimate of drug-likeness (QED) is 0.781. The summed E-state index contributed by atoms with van der Waals surface area (Å²) in [6.45, 7) is 8.26. The molecule has 1 aliphatic rings. The van der Waals surface area contributed by atoms with Gasteiger partial charge < -0.3 is 9.64 Å². The molecule has 0 aliphatic carbocycles. The lowest BCUT2D eigenvalue weighted by Crippen LogP contribution is -2.48. The van der Waals surface area contributed by atoms with E-state index in [2.05, 4.69) is 40.8 Å². The molecule has 5 heteroatoms. The van der Waals surface area contributed by atoms with Crippen molar-refractivity contribution < 1.29 is 9.53 Å². The zero-order valence-electron chi connectivity index (χ0n) is 12.5. The summed E-state index contributed by atoms with van der Waals surface area (Å²) < 4.78 is 4.70. The van der Waals surface area contributed by atoms with Crippen LogP contribution in [0.15, 0.2) is 18.3 Å². The van der Waals surface area contributed by atoms with Gasteiger partial charge in [-0.25, -0.2) is 0 Å². The van der Waals surface area contributed by atoms with Crippen LogP contribution in [-0.2, 0) is 9.53 Å². The molecule has 20 heavy (non-hydrogen) atoms. The first kappa shape index (κ1) is 14.8. The first-order valence-corrected chi connectivity index (χ1v) is 7.10. The number of anilines is 1. The Morgan fingerprint density at radius 3 is 2.50 bits per heavy atom. The highest BCUT2D eigenvalue weighted by Gasteiger charge is 2.19. The summed E-state index contributed by atoms with van der Waals surface area (Å²) >= 11 is 0. The van der Waals surface area contributed by atoms with E-state index < -0.39 is 0 Å². The number of ether oxygens (including phenoxy) is 1. The second-order valence-electron chi connectivity index (χ2n) is 5.44. The molecule has 0 unspecified atom stereocenters. The Bertz CT molecular complexity index is 437. The van der Waals surface area contributed by atoms with Crippen LogP contribution in [0.1, 0.15) is 25.5 Å². The number of hydrogen-bond donors (Lipinski definition) is 0. The number of pyridine rings is 1. The number of esters is 1. The standard InChI is InChI=1S/C15H23N3O2/c1-12(2)14-5-4-13(10-16-14)18-8-6-17(7-9-18)11-15(19)20-3/h4-5,10,12H,6-9,11H2,1-3H3. The molecule has 110 valence electrons. The van der Waals surface area contributed by atoms with Gasteiger partial charge in [0.05, 0.1) is 25.5 Å². The number of piperazine rings is 1. The molecule has 1 aliphatic heterocycles. The molecule has 0 saturated carbocycles. The van der Waals surface area contributed by atoms with Crippen molar-refractivity contribution in [2.24, 2.45) is 0 Å². The van der Waals surface area contributed by atoms with Gasteiger partial charge in [-0.1, -0.05) is 13.8 Å². The van der Waals surface area contributed by atoms with Crippen molar-refractivity contribution in [3.8, 4) is 0 Å². The molecule has 5 nitrogen and oxygen atoms in total. The Kier molecular flexibility index (Phi) is 4.95. The molecular formula is C15H23N3O2. The Labute approximate surface area is 120 Å². The summed E-state index contributed by atoms with van der Waals surface area (Å²) in [4.78, 5) is 20.2. The lowest BCUT2D eigenvalue weighted by atomic mass is 10.1. The fraction of sp³-hybridized carbons (Fsp3) is 0.600. The topological polar surface area (TPSA) is 45.7 Å². The molecular weight excluding hydrogens is 254 g/mol. The minimum atomic E-state index is -0.165. The molecule has 2 heterocycles. The molecule has 0 aromatic carbocycles. The van der Waals surface area contributed by atoms with Crippen molar-refractivity contribution in [3.05, 3.63) is 24.0 Å². The summed E-state index contributed by atoms with van der Waals surface area (Å²) in [5.74, 6) is 0.294. The van der Waals surface area contributed by atoms with Crippen LogP contribution in [0.3, 0.4) is 0 Å². The highest BCUT2D eigenvalue weighted by atomic mass is 16.5. The van der Waals surface area contributed by atoms with E-state index >= 15 is 0 Å². The van der Waals surface area contributed by atoms with Gasteiger partial charge in [0.15, 0.2) is 0 Å². The second-order valence-corrected chi connectivity index (χ2v) is 5.44. The van der Waals surface area contributed by atoms with Crippen molar-refractivity contribution in [1.82, 2.24) is 9.88 Å². The molecule has 0 bridgehead atoms. The highest BCUT2D eigenvalue weighted by Crippen LogP contribution is 2.18. The molecule has 0 amide bonds. The van der Waals surface area contributed by atoms with Crippen molar-refractivity contribution in [1.29, 1.82) is 0 Å². The second kappa shape index (κ2) is 6.70. The molecule has 0 N–H and O–H groups in total. The van der Waals surface area contributed by atoms with Crippen molar-refractivity contribution in [3.63, 3.8) is 0 Å². The van der Waals surface area contributed by atoms with Gasteiger partial charge >= 0.3 is 5.97 Å². The van der Waals surface area contributed by atoms with Gasteiger partial charge in [0.1, 0.15) is 0 Å². The fourth-order valence-corrected chi connectivity index (χ4v) is 2.34. The van der Waals surface area contributed by atoms with Gasteiger partial charge in [0.2, 0.25) is 0 Å². The first-order valence-electron chi connectivity index (χ1n) is 7.10. The molecule has 0 spiro atoms. The predicted octanol–water partition coefficient (Wildman–Crippen LogP) is 1.50. The van der Waals surface area contributed by atoms with E-state index in [4.69, 9.17) is 4.74 Å². The molecule has 2 rings (SSSR count). The predicted molar refractivity (Wildman–Crippen MR) is 79.0 cm³/mol. The largest absolute Gasteiger partial charge is 0.468 e. The zero-order chi connectivity index (χ0) is 14.5. The number of nitrogens with zero attached hydrogens (tertiary/aromatic N) is 3. The smallest absolute Gasteiger partial charge is 0.319 e. The molecule has 1 fully saturated rings. The fourth-order valence-electron chi connectivity index (χ4n) is 2.34. The van der Waals surface area contributed by atoms with Crippen LogP contribution in [0, 0.1) is 0 Å². The third-order valence-corrected chi connectivity index (χ3v) is 3.68. The Morgan fingerprint density at radius 2 is 2.00 bits per heavy atom. The average Bonchev–Trinajstić information content (AvgIpc) is 2.48. The van der Waals surface area contributed by atoms with Crippen LogP contribution in [0.2, 0.25) is 0 Å². The lowest BCUT2D eigenvalue weighted by molar-refractivity contribution is -0.142. The SMILES string of the molecule is COC(=O)CN1CCN(c2ccc(C(C)C)nc2)CC1. The monoisotopic (exact) mass is 277 g/mol. The number of hydrogen-bond acceptors (Lipinski definition) is 5. The normalized spacial score (nSPS) is 16.5. The number of aromatic nitrogens is 1. The van der Waals surface area contributed by atoms with Gasteiger partial charge in [-0.3, -0.25) is 14.7 Å². The summed E-state index contributed by atoms with van der Waals surface area (Å²) in [7, 11) is 1.43. The first-order chi connectivity index (χ1) is 9.60. The molecule has 0 radical (unpaired) electrons. The zero-order valence-corrected chi connectivity index (χ0v) is 12.5. The maximum Gasteiger partial charge on any atom is 0.319 e. The summed E-state index contributed by atoms with van der Waals surface area (Å²) in [6, 6.07) is 4.24. The Morgan fingerprint density at radius 1 is 1.30 bits per heavy atom. The van der Waals surface area contributed by atoms with Gasteiger partial charge in [-0.15, -0.1) is 0 Å². The van der Waals surface area contributed by atoms with Gasteiger partial charge in [-0.05, 0) is 18.1 Å². The number of rotatable bonds is 4. The van der Waals surface area contributed by atoms with E-state index in [9.17, 15) is 4.79 Å². The van der Waals surface area contributed by atoms with E-state index in [1.165, 1.54) is 7.11 Å². The number of carbonyl (C=O) groups is 1. The molecule has 1 saturated heterocycles. The van der Waals surface area contributed by atoms with E-state index in [1.54, 1.807) is 0 Å². The summed E-state index contributed by atoms with van der Waals surface area (Å²) in [5.41, 5.74) is 2.28. The van der Waals surface area contributed by atoms with E-state index in [1.807, 2.05) is 6.20 Å². The van der Waals surface area contributed by atoms with Crippen LogP contribution in [0.5, 0.6) is 0 Å². The average molecular weight is 277 g/mol. The molecule has 1 aromatic rings. The third kappa shape index (κ3) is 3.70. The van der Waals surface area contributed by atoms with Gasteiger partial charge in [0.25, 0.3) is 0 Å². The third-order valence-electron chi connectivity index (χ3n) is 3.68. The van der Waals surface area contributed by atoms with Crippen LogP contribution in [-0.4, -0.2) is 55.7 Å². The molecule has 1 aromatic heterocycles. The maximum atomic E-state index is 11.2. The van der Waals surface area contributed by atoms with Crippen molar-refractivity contribution in [2.45, 2.75) is 19.8 Å². The van der Waals surface area contributed by atoms with Crippen LogP contribution in [0.4, 0.5) is 5.69 Å². The van der Waals surface area contributed by atoms with E-state index in [0.29, 0.717) is 12.5 Å². The number of methoxy groups -OCH3 is 1. The van der Waals surface area contributed by atoms with Crippen LogP contribution in [0.25, 0.3) is 0 Å². The van der Waals surface area contributed by atoms with Crippen LogP contribution < -0.4 is 4.90 Å². The van der Waals surface area contributed by atoms with Gasteiger partial charge in [-0.2, -0.15) is 0 Å². The van der Waals surface area contributed by atoms with E-state index in [-0.39, 0.29) is 5.97 Å². The van der Waals surface area contributed by atoms with Crippen molar-refractivity contribution in [2.75, 3.05) is 44.7 Å². The molecule has 0 atom stereocenters.